The van der Waals surface area contributed by atoms with Crippen molar-refractivity contribution in [2.24, 2.45) is 7.05 Å². The van der Waals surface area contributed by atoms with Gasteiger partial charge in [-0.25, -0.2) is 9.59 Å². The summed E-state index contributed by atoms with van der Waals surface area (Å²) >= 11 is 0. The summed E-state index contributed by atoms with van der Waals surface area (Å²) in [7, 11) is 2.98. The Hall–Kier alpha value is -2.04. The molecule has 0 radical (unpaired) electrons. The monoisotopic (exact) mass is 209 g/mol. The Bertz CT molecular complexity index is 417. The van der Waals surface area contributed by atoms with E-state index in [-0.39, 0.29) is 0 Å². The molecule has 0 atom stereocenters. The van der Waals surface area contributed by atoms with Gasteiger partial charge in [0.2, 0.25) is 0 Å². The molecule has 5 heteroatoms. The van der Waals surface area contributed by atoms with Crippen molar-refractivity contribution in [1.82, 2.24) is 4.57 Å². The largest absolute Gasteiger partial charge is 0.478 e. The number of carboxylic acid groups (broad SMARTS) is 1. The van der Waals surface area contributed by atoms with E-state index in [0.717, 1.165) is 6.08 Å². The second kappa shape index (κ2) is 4.45. The molecular weight excluding hydrogens is 198 g/mol. The molecule has 1 rings (SSSR count). The lowest BCUT2D eigenvalue weighted by Crippen LogP contribution is -2.06. The number of carboxylic acids is 1. The van der Waals surface area contributed by atoms with E-state index in [0.29, 0.717) is 11.3 Å². The topological polar surface area (TPSA) is 68.5 Å². The first-order valence-electron chi connectivity index (χ1n) is 4.20. The number of ether oxygens (including phenoxy) is 1. The van der Waals surface area contributed by atoms with Crippen molar-refractivity contribution >= 4 is 18.0 Å². The number of esters is 1. The summed E-state index contributed by atoms with van der Waals surface area (Å²) in [6, 6.07) is 1.56. The molecule has 1 aromatic heterocycles. The van der Waals surface area contributed by atoms with Crippen molar-refractivity contribution in [1.29, 1.82) is 0 Å². The highest BCUT2D eigenvalue weighted by Crippen LogP contribution is 2.10. The molecule has 1 aromatic rings. The summed E-state index contributed by atoms with van der Waals surface area (Å²) in [6.45, 7) is 0. The molecule has 0 bridgehead atoms. The summed E-state index contributed by atoms with van der Waals surface area (Å²) in [5.41, 5.74) is 1.02. The Morgan fingerprint density at radius 1 is 1.53 bits per heavy atom. The van der Waals surface area contributed by atoms with Crippen LogP contribution in [0.2, 0.25) is 0 Å². The van der Waals surface area contributed by atoms with Gasteiger partial charge >= 0.3 is 11.9 Å². The lowest BCUT2D eigenvalue weighted by Gasteiger charge is -1.98. The van der Waals surface area contributed by atoms with Gasteiger partial charge in [0, 0.05) is 19.3 Å². The summed E-state index contributed by atoms with van der Waals surface area (Å²) in [5, 5.41) is 8.42. The molecule has 1 heterocycles. The number of rotatable bonds is 3. The van der Waals surface area contributed by atoms with Crippen LogP contribution in [0.5, 0.6) is 0 Å². The van der Waals surface area contributed by atoms with Crippen LogP contribution in [0.25, 0.3) is 6.08 Å². The Labute approximate surface area is 86.6 Å². The Morgan fingerprint density at radius 2 is 2.20 bits per heavy atom. The zero-order valence-electron chi connectivity index (χ0n) is 8.43. The van der Waals surface area contributed by atoms with Crippen LogP contribution >= 0.6 is 0 Å². The van der Waals surface area contributed by atoms with Gasteiger partial charge in [0.15, 0.2) is 0 Å². The lowest BCUT2D eigenvalue weighted by molar-refractivity contribution is -0.131. The zero-order valence-corrected chi connectivity index (χ0v) is 8.43. The Morgan fingerprint density at radius 3 is 2.73 bits per heavy atom. The fourth-order valence-corrected chi connectivity index (χ4v) is 1.16. The van der Waals surface area contributed by atoms with E-state index >= 15 is 0 Å². The third-order valence-electron chi connectivity index (χ3n) is 1.84. The Balaban J connectivity index is 2.95. The van der Waals surface area contributed by atoms with E-state index in [1.54, 1.807) is 23.9 Å². The molecular formula is C10H11NO4. The fourth-order valence-electron chi connectivity index (χ4n) is 1.16. The number of aliphatic carboxylic acids is 1. The molecule has 15 heavy (non-hydrogen) atoms. The average Bonchev–Trinajstić information content (AvgIpc) is 2.55. The average molecular weight is 209 g/mol. The number of aromatic nitrogens is 1. The number of hydrogen-bond donors (Lipinski definition) is 1. The maximum atomic E-state index is 11.2. The second-order valence-corrected chi connectivity index (χ2v) is 2.93. The first kappa shape index (κ1) is 11.0. The molecule has 5 nitrogen and oxygen atoms in total. The van der Waals surface area contributed by atoms with Crippen LogP contribution in [-0.2, 0) is 16.6 Å². The van der Waals surface area contributed by atoms with Crippen molar-refractivity contribution in [2.75, 3.05) is 7.11 Å². The van der Waals surface area contributed by atoms with Gasteiger partial charge in [0.05, 0.1) is 7.11 Å². The highest BCUT2D eigenvalue weighted by Gasteiger charge is 2.10. The molecule has 0 unspecified atom stereocenters. The van der Waals surface area contributed by atoms with Crippen LogP contribution < -0.4 is 0 Å². The van der Waals surface area contributed by atoms with Crippen LogP contribution in [0.1, 0.15) is 16.1 Å². The summed E-state index contributed by atoms with van der Waals surface area (Å²) in [4.78, 5) is 21.5. The van der Waals surface area contributed by atoms with Gasteiger partial charge in [0.1, 0.15) is 5.69 Å². The van der Waals surface area contributed by atoms with E-state index in [1.807, 2.05) is 0 Å². The molecule has 0 saturated heterocycles. The fraction of sp³-hybridized carbons (Fsp3) is 0.200. The van der Waals surface area contributed by atoms with E-state index in [2.05, 4.69) is 4.74 Å². The molecule has 0 aliphatic rings. The number of methoxy groups -OCH3 is 1. The smallest absolute Gasteiger partial charge is 0.354 e. The molecule has 1 N–H and O–H groups in total. The van der Waals surface area contributed by atoms with Gasteiger partial charge in [0.25, 0.3) is 0 Å². The highest BCUT2D eigenvalue weighted by atomic mass is 16.5. The van der Waals surface area contributed by atoms with Gasteiger partial charge in [-0.05, 0) is 17.7 Å². The van der Waals surface area contributed by atoms with Gasteiger partial charge < -0.3 is 14.4 Å². The predicted molar refractivity (Wildman–Crippen MR) is 53.4 cm³/mol. The van der Waals surface area contributed by atoms with E-state index in [1.165, 1.54) is 13.2 Å². The van der Waals surface area contributed by atoms with Gasteiger partial charge in [-0.15, -0.1) is 0 Å². The standard InChI is InChI=1S/C10H11NO4/c1-11-6-7(3-4-9(12)13)5-8(11)10(14)15-2/h3-6H,1-2H3,(H,12,13)/b4-3-. The maximum Gasteiger partial charge on any atom is 0.354 e. The minimum absolute atomic E-state index is 0.377. The first-order valence-corrected chi connectivity index (χ1v) is 4.20. The SMILES string of the molecule is COC(=O)c1cc(/C=C\C(=O)O)cn1C. The summed E-state index contributed by atoms with van der Waals surface area (Å²) in [5.74, 6) is -1.48. The van der Waals surface area contributed by atoms with Crippen LogP contribution in [0.15, 0.2) is 18.3 Å². The minimum Gasteiger partial charge on any atom is -0.478 e. The van der Waals surface area contributed by atoms with Gasteiger partial charge in [-0.1, -0.05) is 0 Å². The minimum atomic E-state index is -1.03. The lowest BCUT2D eigenvalue weighted by atomic mass is 10.3. The molecule has 0 aromatic carbocycles. The van der Waals surface area contributed by atoms with Crippen molar-refractivity contribution in [2.45, 2.75) is 0 Å². The molecule has 0 aliphatic carbocycles. The van der Waals surface area contributed by atoms with Crippen LogP contribution in [0.4, 0.5) is 0 Å². The van der Waals surface area contributed by atoms with Gasteiger partial charge in [-0.2, -0.15) is 0 Å². The van der Waals surface area contributed by atoms with Crippen LogP contribution in [0.3, 0.4) is 0 Å². The molecule has 0 fully saturated rings. The Kier molecular flexibility index (Phi) is 3.28. The highest BCUT2D eigenvalue weighted by molar-refractivity contribution is 5.90. The number of carbonyl (C=O) groups excluding carboxylic acids is 1. The van der Waals surface area contributed by atoms with Crippen molar-refractivity contribution in [3.05, 3.63) is 29.6 Å². The van der Waals surface area contributed by atoms with Crippen LogP contribution in [-0.4, -0.2) is 28.7 Å². The van der Waals surface area contributed by atoms with Crippen molar-refractivity contribution in [3.8, 4) is 0 Å². The number of nitrogens with zero attached hydrogens (tertiary/aromatic N) is 1. The summed E-state index contributed by atoms with van der Waals surface area (Å²) < 4.78 is 6.13. The third kappa shape index (κ3) is 2.70. The second-order valence-electron chi connectivity index (χ2n) is 2.93. The van der Waals surface area contributed by atoms with Crippen LogP contribution in [0, 0.1) is 0 Å². The van der Waals surface area contributed by atoms with Crippen molar-refractivity contribution in [3.63, 3.8) is 0 Å². The van der Waals surface area contributed by atoms with E-state index in [4.69, 9.17) is 5.11 Å². The molecule has 0 aliphatic heterocycles. The number of aryl methyl sites for hydroxylation is 1. The van der Waals surface area contributed by atoms with Gasteiger partial charge in [-0.3, -0.25) is 0 Å². The normalized spacial score (nSPS) is 10.5. The molecule has 0 saturated carbocycles. The maximum absolute atomic E-state index is 11.2. The first-order chi connectivity index (χ1) is 7.04. The molecule has 0 amide bonds. The van der Waals surface area contributed by atoms with E-state index in [9.17, 15) is 9.59 Å². The number of carbonyl (C=O) groups is 2. The summed E-state index contributed by atoms with van der Waals surface area (Å²) in [6.07, 6.45) is 4.07. The van der Waals surface area contributed by atoms with Crippen molar-refractivity contribution < 1.29 is 19.4 Å². The quantitative estimate of drug-likeness (QED) is 0.593. The zero-order chi connectivity index (χ0) is 11.4. The molecule has 0 spiro atoms. The molecule has 80 valence electrons. The van der Waals surface area contributed by atoms with E-state index < -0.39 is 11.9 Å². The third-order valence-corrected chi connectivity index (χ3v) is 1.84. The number of hydrogen-bond acceptors (Lipinski definition) is 3. The predicted octanol–water partition coefficient (Wildman–Crippen LogP) is 0.909.